The molecule has 112 valence electrons. The van der Waals surface area contributed by atoms with Crippen molar-refractivity contribution in [1.29, 1.82) is 0 Å². The van der Waals surface area contributed by atoms with Gasteiger partial charge in [-0.05, 0) is 12.0 Å². The van der Waals surface area contributed by atoms with E-state index < -0.39 is 6.09 Å². The summed E-state index contributed by atoms with van der Waals surface area (Å²) >= 11 is 0. The first-order valence-electron chi connectivity index (χ1n) is 7.20. The van der Waals surface area contributed by atoms with Crippen molar-refractivity contribution in [3.63, 3.8) is 0 Å². The lowest BCUT2D eigenvalue weighted by Crippen LogP contribution is -2.49. The van der Waals surface area contributed by atoms with E-state index in [9.17, 15) is 9.59 Å². The molecule has 2 aliphatic rings. The number of likely N-dealkylation sites (tertiary alicyclic amines) is 1. The van der Waals surface area contributed by atoms with Crippen LogP contribution in [-0.2, 0) is 16.1 Å². The zero-order valence-corrected chi connectivity index (χ0v) is 11.7. The Morgan fingerprint density at radius 3 is 2.81 bits per heavy atom. The molecular formula is C15H19N3O3. The maximum absolute atomic E-state index is 12.0. The molecule has 2 heterocycles. The summed E-state index contributed by atoms with van der Waals surface area (Å²) in [5.41, 5.74) is 0.918. The Bertz CT molecular complexity index is 520. The van der Waals surface area contributed by atoms with Gasteiger partial charge in [-0.15, -0.1) is 0 Å². The van der Waals surface area contributed by atoms with E-state index in [0.29, 0.717) is 6.04 Å². The number of amides is 2. The lowest BCUT2D eigenvalue weighted by atomic mass is 10.2. The lowest BCUT2D eigenvalue weighted by molar-refractivity contribution is -0.131. The average Bonchev–Trinajstić information content (AvgIpc) is 3.14. The number of rotatable bonds is 4. The summed E-state index contributed by atoms with van der Waals surface area (Å²) in [5, 5.41) is 5.85. The van der Waals surface area contributed by atoms with Gasteiger partial charge in [-0.3, -0.25) is 4.79 Å². The summed E-state index contributed by atoms with van der Waals surface area (Å²) < 4.78 is 5.07. The summed E-state index contributed by atoms with van der Waals surface area (Å²) in [4.78, 5) is 25.5. The Balaban J connectivity index is 1.38. The van der Waals surface area contributed by atoms with Crippen molar-refractivity contribution >= 4 is 12.0 Å². The van der Waals surface area contributed by atoms with Crippen molar-refractivity contribution in [3.05, 3.63) is 35.9 Å². The molecule has 6 nitrogen and oxygen atoms in total. The summed E-state index contributed by atoms with van der Waals surface area (Å²) in [6.45, 7) is 1.80. The van der Waals surface area contributed by atoms with Gasteiger partial charge < -0.3 is 20.3 Å². The predicted molar refractivity (Wildman–Crippen MR) is 76.5 cm³/mol. The molecular weight excluding hydrogens is 270 g/mol. The highest BCUT2D eigenvalue weighted by Gasteiger charge is 2.39. The van der Waals surface area contributed by atoms with Gasteiger partial charge in [-0.25, -0.2) is 4.79 Å². The third kappa shape index (κ3) is 3.33. The number of hydrogen-bond donors (Lipinski definition) is 2. The van der Waals surface area contributed by atoms with E-state index in [1.54, 1.807) is 0 Å². The third-order valence-corrected chi connectivity index (χ3v) is 3.97. The first-order valence-corrected chi connectivity index (χ1v) is 7.20. The minimum Gasteiger partial charge on any atom is -0.445 e. The molecule has 2 bridgehead atoms. The lowest BCUT2D eigenvalue weighted by Gasteiger charge is -2.27. The Kier molecular flexibility index (Phi) is 4.06. The summed E-state index contributed by atoms with van der Waals surface area (Å²) in [5.74, 6) is -0.0411. The fourth-order valence-electron chi connectivity index (χ4n) is 2.89. The maximum atomic E-state index is 12.0. The highest BCUT2D eigenvalue weighted by atomic mass is 16.5. The molecule has 0 aromatic heterocycles. The van der Waals surface area contributed by atoms with E-state index in [2.05, 4.69) is 10.6 Å². The second-order valence-electron chi connectivity index (χ2n) is 5.46. The Morgan fingerprint density at radius 1 is 1.33 bits per heavy atom. The van der Waals surface area contributed by atoms with Crippen LogP contribution in [0.3, 0.4) is 0 Å². The van der Waals surface area contributed by atoms with E-state index in [0.717, 1.165) is 25.1 Å². The average molecular weight is 289 g/mol. The largest absolute Gasteiger partial charge is 0.445 e. The van der Waals surface area contributed by atoms with Gasteiger partial charge >= 0.3 is 6.09 Å². The number of hydrogen-bond acceptors (Lipinski definition) is 4. The number of nitrogens with zero attached hydrogens (tertiary/aromatic N) is 1. The molecule has 1 aromatic rings. The fraction of sp³-hybridized carbons (Fsp3) is 0.467. The van der Waals surface area contributed by atoms with Crippen LogP contribution >= 0.6 is 0 Å². The highest BCUT2D eigenvalue weighted by Crippen LogP contribution is 2.22. The van der Waals surface area contributed by atoms with Crippen molar-refractivity contribution in [1.82, 2.24) is 15.5 Å². The van der Waals surface area contributed by atoms with Crippen molar-refractivity contribution < 1.29 is 14.3 Å². The van der Waals surface area contributed by atoms with Crippen molar-refractivity contribution in [2.24, 2.45) is 0 Å². The summed E-state index contributed by atoms with van der Waals surface area (Å²) in [6.07, 6.45) is 0.458. The van der Waals surface area contributed by atoms with Crippen LogP contribution in [0.25, 0.3) is 0 Å². The molecule has 2 aliphatic heterocycles. The van der Waals surface area contributed by atoms with Crippen LogP contribution in [-0.4, -0.2) is 48.6 Å². The van der Waals surface area contributed by atoms with Crippen LogP contribution in [0.15, 0.2) is 30.3 Å². The van der Waals surface area contributed by atoms with Gasteiger partial charge in [-0.1, -0.05) is 30.3 Å². The number of benzene rings is 1. The van der Waals surface area contributed by atoms with E-state index >= 15 is 0 Å². The van der Waals surface area contributed by atoms with Gasteiger partial charge in [0.15, 0.2) is 0 Å². The highest BCUT2D eigenvalue weighted by molar-refractivity contribution is 5.83. The van der Waals surface area contributed by atoms with Crippen LogP contribution in [0.1, 0.15) is 12.0 Å². The van der Waals surface area contributed by atoms with Gasteiger partial charge in [0.1, 0.15) is 13.2 Å². The zero-order valence-electron chi connectivity index (χ0n) is 11.7. The monoisotopic (exact) mass is 289 g/mol. The van der Waals surface area contributed by atoms with Crippen LogP contribution in [0.5, 0.6) is 0 Å². The second-order valence-corrected chi connectivity index (χ2v) is 5.46. The predicted octanol–water partition coefficient (Wildman–Crippen LogP) is 0.486. The molecule has 2 saturated heterocycles. The minimum atomic E-state index is -0.560. The first-order chi connectivity index (χ1) is 10.2. The van der Waals surface area contributed by atoms with Crippen molar-refractivity contribution in [3.8, 4) is 0 Å². The van der Waals surface area contributed by atoms with Crippen molar-refractivity contribution in [2.75, 3.05) is 19.6 Å². The van der Waals surface area contributed by atoms with Crippen LogP contribution in [0, 0.1) is 0 Å². The maximum Gasteiger partial charge on any atom is 0.407 e. The summed E-state index contributed by atoms with van der Waals surface area (Å²) in [6, 6.07) is 10.1. The summed E-state index contributed by atoms with van der Waals surface area (Å²) in [7, 11) is 0. The molecule has 0 radical (unpaired) electrons. The van der Waals surface area contributed by atoms with E-state index in [4.69, 9.17) is 4.74 Å². The molecule has 0 saturated carbocycles. The minimum absolute atomic E-state index is 0.00313. The molecule has 0 spiro atoms. The second kappa shape index (κ2) is 6.13. The Labute approximate surface area is 123 Å². The zero-order chi connectivity index (χ0) is 14.7. The standard InChI is InChI=1S/C15H19N3O3/c19-14(18-9-12-6-13(18)7-16-12)8-17-15(20)21-10-11-4-2-1-3-5-11/h1-5,12-13,16H,6-10H2,(H,17,20)/t12-,13-/m0/s1. The molecule has 0 unspecified atom stereocenters. The molecule has 2 N–H and O–H groups in total. The van der Waals surface area contributed by atoms with Crippen LogP contribution < -0.4 is 10.6 Å². The molecule has 6 heteroatoms. The normalized spacial score (nSPS) is 23.1. The number of carbonyl (C=O) groups excluding carboxylic acids is 2. The van der Waals surface area contributed by atoms with E-state index in [-0.39, 0.29) is 25.1 Å². The molecule has 2 fully saturated rings. The fourth-order valence-corrected chi connectivity index (χ4v) is 2.89. The number of nitrogens with one attached hydrogen (secondary N) is 2. The number of fused-ring (bicyclic) bond motifs is 2. The third-order valence-electron chi connectivity index (χ3n) is 3.97. The first kappa shape index (κ1) is 13.9. The molecule has 3 rings (SSSR count). The van der Waals surface area contributed by atoms with Gasteiger partial charge in [0.05, 0.1) is 0 Å². The van der Waals surface area contributed by atoms with Crippen LogP contribution in [0.2, 0.25) is 0 Å². The van der Waals surface area contributed by atoms with Gasteiger partial charge in [0.25, 0.3) is 0 Å². The van der Waals surface area contributed by atoms with Gasteiger partial charge in [0.2, 0.25) is 5.91 Å². The molecule has 0 aliphatic carbocycles. The molecule has 2 atom stereocenters. The molecule has 1 aromatic carbocycles. The Hall–Kier alpha value is -2.08. The molecule has 21 heavy (non-hydrogen) atoms. The number of piperazine rings is 1. The number of alkyl carbamates (subject to hydrolysis) is 1. The smallest absolute Gasteiger partial charge is 0.407 e. The Morgan fingerprint density at radius 2 is 2.14 bits per heavy atom. The topological polar surface area (TPSA) is 70.7 Å². The number of carbonyl (C=O) groups is 2. The molecule has 2 amide bonds. The van der Waals surface area contributed by atoms with E-state index in [1.807, 2.05) is 35.2 Å². The van der Waals surface area contributed by atoms with Crippen LogP contribution in [0.4, 0.5) is 4.79 Å². The number of ether oxygens (including phenoxy) is 1. The van der Waals surface area contributed by atoms with E-state index in [1.165, 1.54) is 0 Å². The van der Waals surface area contributed by atoms with Crippen molar-refractivity contribution in [2.45, 2.75) is 25.1 Å². The van der Waals surface area contributed by atoms with Gasteiger partial charge in [-0.2, -0.15) is 0 Å². The van der Waals surface area contributed by atoms with Gasteiger partial charge in [0, 0.05) is 25.2 Å². The SMILES string of the molecule is O=C(NCC(=O)N1C[C@@H]2C[C@H]1CN2)OCc1ccccc1. The quantitative estimate of drug-likeness (QED) is 0.846.